The van der Waals surface area contributed by atoms with Gasteiger partial charge in [0.15, 0.2) is 0 Å². The Morgan fingerprint density at radius 1 is 1.19 bits per heavy atom. The third-order valence-electron chi connectivity index (χ3n) is 2.08. The van der Waals surface area contributed by atoms with E-state index in [1.807, 2.05) is 0 Å². The summed E-state index contributed by atoms with van der Waals surface area (Å²) < 4.78 is 0. The molecule has 0 unspecified atom stereocenters. The molecule has 16 heavy (non-hydrogen) atoms. The standard InChI is InChI=1S/C11H6Cl2O2S/c12-6-1-2-9(13)8(5-6)7-3-4-16-10(7)11(14)15/h1-5H,(H,14,15). The number of carboxylic acids is 1. The minimum atomic E-state index is -0.957. The van der Waals surface area contributed by atoms with Crippen LogP contribution in [-0.4, -0.2) is 11.1 Å². The largest absolute Gasteiger partial charge is 0.477 e. The molecule has 0 aliphatic rings. The number of benzene rings is 1. The summed E-state index contributed by atoms with van der Waals surface area (Å²) in [6, 6.07) is 6.72. The Bertz CT molecular complexity index is 549. The van der Waals surface area contributed by atoms with Crippen molar-refractivity contribution < 1.29 is 9.90 Å². The second-order valence-corrected chi connectivity index (χ2v) is 4.85. The smallest absolute Gasteiger partial charge is 0.346 e. The van der Waals surface area contributed by atoms with Gasteiger partial charge in [0.25, 0.3) is 0 Å². The van der Waals surface area contributed by atoms with Crippen LogP contribution in [0.1, 0.15) is 9.67 Å². The number of carboxylic acid groups (broad SMARTS) is 1. The zero-order valence-electron chi connectivity index (χ0n) is 7.91. The molecule has 1 heterocycles. The van der Waals surface area contributed by atoms with Gasteiger partial charge in [-0.2, -0.15) is 0 Å². The van der Waals surface area contributed by atoms with Crippen molar-refractivity contribution in [1.29, 1.82) is 0 Å². The van der Waals surface area contributed by atoms with Crippen LogP contribution in [0.25, 0.3) is 11.1 Å². The fourth-order valence-corrected chi connectivity index (χ4v) is 2.53. The molecular weight excluding hydrogens is 267 g/mol. The van der Waals surface area contributed by atoms with Gasteiger partial charge >= 0.3 is 5.97 Å². The summed E-state index contributed by atoms with van der Waals surface area (Å²) in [6.45, 7) is 0. The second-order valence-electron chi connectivity index (χ2n) is 3.09. The van der Waals surface area contributed by atoms with Gasteiger partial charge in [0.2, 0.25) is 0 Å². The summed E-state index contributed by atoms with van der Waals surface area (Å²) >= 11 is 13.0. The van der Waals surface area contributed by atoms with Crippen molar-refractivity contribution in [1.82, 2.24) is 0 Å². The number of rotatable bonds is 2. The molecule has 2 nitrogen and oxygen atoms in total. The highest BCUT2D eigenvalue weighted by Crippen LogP contribution is 2.35. The first-order chi connectivity index (χ1) is 7.59. The fraction of sp³-hybridized carbons (Fsp3) is 0. The lowest BCUT2D eigenvalue weighted by molar-refractivity contribution is 0.0703. The topological polar surface area (TPSA) is 37.3 Å². The van der Waals surface area contributed by atoms with Crippen molar-refractivity contribution in [3.05, 3.63) is 44.6 Å². The molecule has 2 aromatic rings. The molecule has 0 aliphatic carbocycles. The first kappa shape index (κ1) is 11.5. The third kappa shape index (κ3) is 2.07. The average Bonchev–Trinajstić information content (AvgIpc) is 2.70. The van der Waals surface area contributed by atoms with Crippen molar-refractivity contribution >= 4 is 40.5 Å². The van der Waals surface area contributed by atoms with Gasteiger partial charge < -0.3 is 5.11 Å². The summed E-state index contributed by atoms with van der Waals surface area (Å²) in [4.78, 5) is 11.3. The molecule has 1 aromatic heterocycles. The Kier molecular flexibility index (Phi) is 3.19. The van der Waals surface area contributed by atoms with Crippen molar-refractivity contribution in [2.45, 2.75) is 0 Å². The van der Waals surface area contributed by atoms with Crippen LogP contribution in [-0.2, 0) is 0 Å². The summed E-state index contributed by atoms with van der Waals surface area (Å²) in [5.41, 5.74) is 1.25. The summed E-state index contributed by atoms with van der Waals surface area (Å²) in [5, 5.41) is 11.7. The van der Waals surface area contributed by atoms with E-state index in [4.69, 9.17) is 28.3 Å². The normalized spacial score (nSPS) is 10.4. The molecule has 1 aromatic carbocycles. The van der Waals surface area contributed by atoms with E-state index in [-0.39, 0.29) is 4.88 Å². The van der Waals surface area contributed by atoms with E-state index < -0.39 is 5.97 Å². The van der Waals surface area contributed by atoms with E-state index >= 15 is 0 Å². The molecule has 0 bridgehead atoms. The van der Waals surface area contributed by atoms with Crippen molar-refractivity contribution in [2.24, 2.45) is 0 Å². The van der Waals surface area contributed by atoms with Crippen LogP contribution in [0.3, 0.4) is 0 Å². The highest BCUT2D eigenvalue weighted by atomic mass is 35.5. The zero-order chi connectivity index (χ0) is 11.7. The molecule has 0 radical (unpaired) electrons. The second kappa shape index (κ2) is 4.45. The van der Waals surface area contributed by atoms with Crippen LogP contribution in [0.5, 0.6) is 0 Å². The van der Waals surface area contributed by atoms with Gasteiger partial charge in [0.1, 0.15) is 4.88 Å². The van der Waals surface area contributed by atoms with Gasteiger partial charge in [-0.1, -0.05) is 23.2 Å². The summed E-state index contributed by atoms with van der Waals surface area (Å²) in [6.07, 6.45) is 0. The zero-order valence-corrected chi connectivity index (χ0v) is 10.2. The van der Waals surface area contributed by atoms with Crippen molar-refractivity contribution in [3.8, 4) is 11.1 Å². The van der Waals surface area contributed by atoms with Gasteiger partial charge in [-0.05, 0) is 29.6 Å². The molecule has 0 aliphatic heterocycles. The summed E-state index contributed by atoms with van der Waals surface area (Å²) in [7, 11) is 0. The average molecular weight is 273 g/mol. The van der Waals surface area contributed by atoms with Crippen molar-refractivity contribution in [2.75, 3.05) is 0 Å². The quantitative estimate of drug-likeness (QED) is 0.879. The molecule has 0 atom stereocenters. The van der Waals surface area contributed by atoms with Gasteiger partial charge in [-0.25, -0.2) is 4.79 Å². The first-order valence-corrected chi connectivity index (χ1v) is 5.99. The van der Waals surface area contributed by atoms with E-state index in [1.165, 1.54) is 11.3 Å². The monoisotopic (exact) mass is 272 g/mol. The number of carbonyl (C=O) groups is 1. The van der Waals surface area contributed by atoms with Crippen LogP contribution in [0.4, 0.5) is 0 Å². The Labute approximate surface area is 106 Å². The van der Waals surface area contributed by atoms with Crippen LogP contribution < -0.4 is 0 Å². The Hall–Kier alpha value is -1.03. The van der Waals surface area contributed by atoms with Gasteiger partial charge in [0.05, 0.1) is 0 Å². The minimum absolute atomic E-state index is 0.268. The molecule has 0 fully saturated rings. The van der Waals surface area contributed by atoms with Gasteiger partial charge in [-0.3, -0.25) is 0 Å². The Balaban J connectivity index is 2.62. The molecule has 0 saturated heterocycles. The highest BCUT2D eigenvalue weighted by Gasteiger charge is 2.15. The predicted molar refractivity (Wildman–Crippen MR) is 66.7 cm³/mol. The maximum atomic E-state index is 11.0. The summed E-state index contributed by atoms with van der Waals surface area (Å²) in [5.74, 6) is -0.957. The Morgan fingerprint density at radius 2 is 1.94 bits per heavy atom. The minimum Gasteiger partial charge on any atom is -0.477 e. The van der Waals surface area contributed by atoms with Crippen molar-refractivity contribution in [3.63, 3.8) is 0 Å². The molecular formula is C11H6Cl2O2S. The maximum Gasteiger partial charge on any atom is 0.346 e. The van der Waals surface area contributed by atoms with Crippen LogP contribution >= 0.6 is 34.5 Å². The van der Waals surface area contributed by atoms with Crippen LogP contribution in [0.2, 0.25) is 10.0 Å². The lowest BCUT2D eigenvalue weighted by Gasteiger charge is -2.04. The van der Waals surface area contributed by atoms with E-state index in [0.717, 1.165) is 0 Å². The molecule has 1 N–H and O–H groups in total. The third-order valence-corrected chi connectivity index (χ3v) is 3.55. The molecule has 5 heteroatoms. The van der Waals surface area contributed by atoms with E-state index in [1.54, 1.807) is 29.6 Å². The number of thiophene rings is 1. The maximum absolute atomic E-state index is 11.0. The molecule has 2 rings (SSSR count). The van der Waals surface area contributed by atoms with E-state index in [0.29, 0.717) is 21.2 Å². The first-order valence-electron chi connectivity index (χ1n) is 4.36. The lowest BCUT2D eigenvalue weighted by Crippen LogP contribution is -1.94. The van der Waals surface area contributed by atoms with Gasteiger partial charge in [0, 0.05) is 21.2 Å². The number of aromatic carboxylic acids is 1. The van der Waals surface area contributed by atoms with E-state index in [2.05, 4.69) is 0 Å². The number of halogens is 2. The molecule has 0 spiro atoms. The lowest BCUT2D eigenvalue weighted by atomic mass is 10.1. The molecule has 0 saturated carbocycles. The van der Waals surface area contributed by atoms with Crippen LogP contribution in [0, 0.1) is 0 Å². The number of hydrogen-bond donors (Lipinski definition) is 1. The number of hydrogen-bond acceptors (Lipinski definition) is 2. The molecule has 82 valence electrons. The fourth-order valence-electron chi connectivity index (χ4n) is 1.39. The van der Waals surface area contributed by atoms with Gasteiger partial charge in [-0.15, -0.1) is 11.3 Å². The SMILES string of the molecule is O=C(O)c1sccc1-c1cc(Cl)ccc1Cl. The van der Waals surface area contributed by atoms with E-state index in [9.17, 15) is 4.79 Å². The predicted octanol–water partition coefficient (Wildman–Crippen LogP) is 4.42. The Morgan fingerprint density at radius 3 is 2.62 bits per heavy atom. The van der Waals surface area contributed by atoms with Crippen LogP contribution in [0.15, 0.2) is 29.6 Å². The highest BCUT2D eigenvalue weighted by molar-refractivity contribution is 7.12. The molecule has 0 amide bonds.